The van der Waals surface area contributed by atoms with Crippen LogP contribution in [0.2, 0.25) is 0 Å². The molecule has 0 aliphatic heterocycles. The summed E-state index contributed by atoms with van der Waals surface area (Å²) in [5.41, 5.74) is 4.22. The Morgan fingerprint density at radius 2 is 1.82 bits per heavy atom. The van der Waals surface area contributed by atoms with Crippen molar-refractivity contribution in [1.29, 1.82) is 5.26 Å². The van der Waals surface area contributed by atoms with E-state index >= 15 is 0 Å². The highest BCUT2D eigenvalue weighted by Gasteiger charge is 2.18. The Kier molecular flexibility index (Phi) is 9.19. The summed E-state index contributed by atoms with van der Waals surface area (Å²) in [7, 11) is 1.44. The summed E-state index contributed by atoms with van der Waals surface area (Å²) in [5, 5.41) is 12.1. The van der Waals surface area contributed by atoms with Crippen molar-refractivity contribution in [3.05, 3.63) is 58.4 Å². The summed E-state index contributed by atoms with van der Waals surface area (Å²) in [6.45, 7) is 10.1. The van der Waals surface area contributed by atoms with Gasteiger partial charge in [0.15, 0.2) is 6.61 Å². The van der Waals surface area contributed by atoms with Crippen LogP contribution in [0.1, 0.15) is 36.4 Å². The second-order valence-electron chi connectivity index (χ2n) is 8.74. The van der Waals surface area contributed by atoms with Gasteiger partial charge in [0.05, 0.1) is 6.54 Å². The molecule has 0 unspecified atom stereocenters. The Hall–Kier alpha value is -3.86. The van der Waals surface area contributed by atoms with Crippen LogP contribution in [-0.4, -0.2) is 47.4 Å². The Morgan fingerprint density at radius 3 is 2.41 bits per heavy atom. The number of ether oxygens (including phenoxy) is 1. The molecule has 1 aromatic carbocycles. The lowest BCUT2D eigenvalue weighted by atomic mass is 10.1. The number of benzene rings is 1. The van der Waals surface area contributed by atoms with E-state index in [1.165, 1.54) is 13.1 Å². The molecule has 1 aromatic heterocycles. The van der Waals surface area contributed by atoms with Crippen molar-refractivity contribution in [3.8, 4) is 6.07 Å². The minimum absolute atomic E-state index is 0.197. The van der Waals surface area contributed by atoms with Crippen LogP contribution in [0.15, 0.2) is 35.9 Å². The van der Waals surface area contributed by atoms with Crippen molar-refractivity contribution >= 4 is 29.5 Å². The quantitative estimate of drug-likeness (QED) is 0.347. The summed E-state index contributed by atoms with van der Waals surface area (Å²) >= 11 is 0. The van der Waals surface area contributed by atoms with Crippen molar-refractivity contribution in [2.45, 2.75) is 41.2 Å². The molecule has 8 nitrogen and oxygen atoms in total. The van der Waals surface area contributed by atoms with Gasteiger partial charge >= 0.3 is 5.97 Å². The molecule has 2 rings (SSSR count). The van der Waals surface area contributed by atoms with E-state index in [1.807, 2.05) is 45.0 Å². The predicted molar refractivity (Wildman–Crippen MR) is 131 cm³/mol. The van der Waals surface area contributed by atoms with Gasteiger partial charge in [0.2, 0.25) is 5.91 Å². The number of esters is 1. The van der Waals surface area contributed by atoms with Gasteiger partial charge in [-0.05, 0) is 56.5 Å². The minimum atomic E-state index is -0.887. The van der Waals surface area contributed by atoms with E-state index in [4.69, 9.17) is 4.74 Å². The number of nitriles is 1. The second kappa shape index (κ2) is 11.8. The summed E-state index contributed by atoms with van der Waals surface area (Å²) in [6, 6.07) is 11.0. The average molecular weight is 465 g/mol. The number of nitrogens with zero attached hydrogens (tertiary/aromatic N) is 3. The van der Waals surface area contributed by atoms with E-state index in [-0.39, 0.29) is 18.0 Å². The normalized spacial score (nSPS) is 11.2. The molecule has 0 bridgehead atoms. The zero-order chi connectivity index (χ0) is 25.4. The number of carbonyl (C=O) groups is 3. The number of anilines is 1. The maximum Gasteiger partial charge on any atom is 0.349 e. The minimum Gasteiger partial charge on any atom is -0.451 e. The Morgan fingerprint density at radius 1 is 1.18 bits per heavy atom. The van der Waals surface area contributed by atoms with Crippen molar-refractivity contribution < 1.29 is 19.1 Å². The standard InChI is InChI=1S/C26H32N4O4/c1-17(2)14-30-19(4)11-21(20(30)5)12-22(13-27)26(33)34-16-25(32)29(6)15-24(31)28-23-9-7-18(3)8-10-23/h7-12,17H,14-16H2,1-6H3,(H,28,31)/b22-12+. The largest absolute Gasteiger partial charge is 0.451 e. The monoisotopic (exact) mass is 464 g/mol. The Labute approximate surface area is 200 Å². The van der Waals surface area contributed by atoms with E-state index in [2.05, 4.69) is 23.7 Å². The fraction of sp³-hybridized carbons (Fsp3) is 0.385. The number of likely N-dealkylation sites (N-methyl/N-ethyl adjacent to an activating group) is 1. The maximum atomic E-state index is 12.4. The fourth-order valence-electron chi connectivity index (χ4n) is 3.37. The fourth-order valence-corrected chi connectivity index (χ4v) is 3.37. The van der Waals surface area contributed by atoms with E-state index in [0.717, 1.165) is 34.0 Å². The topological polar surface area (TPSA) is 104 Å². The third kappa shape index (κ3) is 7.34. The van der Waals surface area contributed by atoms with Crippen molar-refractivity contribution in [1.82, 2.24) is 9.47 Å². The molecule has 0 saturated heterocycles. The van der Waals surface area contributed by atoms with Crippen LogP contribution >= 0.6 is 0 Å². The molecule has 0 saturated carbocycles. The smallest absolute Gasteiger partial charge is 0.349 e. The molecule has 0 radical (unpaired) electrons. The van der Waals surface area contributed by atoms with Crippen LogP contribution in [-0.2, 0) is 25.7 Å². The lowest BCUT2D eigenvalue weighted by Gasteiger charge is -2.16. The zero-order valence-electron chi connectivity index (χ0n) is 20.6. The van der Waals surface area contributed by atoms with Crippen LogP contribution in [0.3, 0.4) is 0 Å². The molecular weight excluding hydrogens is 432 g/mol. The zero-order valence-corrected chi connectivity index (χ0v) is 20.6. The first-order chi connectivity index (χ1) is 16.0. The molecule has 0 fully saturated rings. The van der Waals surface area contributed by atoms with Crippen molar-refractivity contribution in [2.24, 2.45) is 5.92 Å². The van der Waals surface area contributed by atoms with E-state index in [9.17, 15) is 19.6 Å². The molecule has 0 aliphatic carbocycles. The van der Waals surface area contributed by atoms with Gasteiger partial charge in [-0.25, -0.2) is 4.79 Å². The number of hydrogen-bond acceptors (Lipinski definition) is 5. The molecule has 0 aliphatic rings. The van der Waals surface area contributed by atoms with Gasteiger partial charge in [0.1, 0.15) is 11.6 Å². The van der Waals surface area contributed by atoms with E-state index in [1.54, 1.807) is 12.1 Å². The highest BCUT2D eigenvalue weighted by atomic mass is 16.5. The number of nitrogens with one attached hydrogen (secondary N) is 1. The lowest BCUT2D eigenvalue weighted by molar-refractivity contribution is -0.148. The maximum absolute atomic E-state index is 12.4. The van der Waals surface area contributed by atoms with E-state index in [0.29, 0.717) is 11.6 Å². The molecule has 180 valence electrons. The molecule has 0 spiro atoms. The summed E-state index contributed by atoms with van der Waals surface area (Å²) in [6.07, 6.45) is 1.48. The number of aryl methyl sites for hydroxylation is 2. The lowest BCUT2D eigenvalue weighted by Crippen LogP contribution is -2.37. The van der Waals surface area contributed by atoms with Crippen LogP contribution in [0.4, 0.5) is 5.69 Å². The molecule has 1 N–H and O–H groups in total. The second-order valence-corrected chi connectivity index (χ2v) is 8.74. The van der Waals surface area contributed by atoms with Gasteiger partial charge in [-0.2, -0.15) is 5.26 Å². The van der Waals surface area contributed by atoms with Crippen molar-refractivity contribution in [3.63, 3.8) is 0 Å². The van der Waals surface area contributed by atoms with Gasteiger partial charge in [0, 0.05) is 30.7 Å². The van der Waals surface area contributed by atoms with Gasteiger partial charge in [-0.15, -0.1) is 0 Å². The van der Waals surface area contributed by atoms with Crippen LogP contribution in [0.25, 0.3) is 6.08 Å². The number of aromatic nitrogens is 1. The molecular formula is C26H32N4O4. The molecule has 34 heavy (non-hydrogen) atoms. The van der Waals surface area contributed by atoms with Crippen molar-refractivity contribution in [2.75, 3.05) is 25.5 Å². The first kappa shape index (κ1) is 26.4. The summed E-state index contributed by atoms with van der Waals surface area (Å²) in [5.74, 6) is -1.37. The predicted octanol–water partition coefficient (Wildman–Crippen LogP) is 3.62. The number of hydrogen-bond donors (Lipinski definition) is 1. The highest BCUT2D eigenvalue weighted by molar-refractivity contribution is 5.99. The highest BCUT2D eigenvalue weighted by Crippen LogP contribution is 2.20. The average Bonchev–Trinajstić information content (AvgIpc) is 3.03. The number of rotatable bonds is 9. The third-order valence-corrected chi connectivity index (χ3v) is 5.27. The molecule has 0 atom stereocenters. The van der Waals surface area contributed by atoms with Gasteiger partial charge in [0.25, 0.3) is 5.91 Å². The van der Waals surface area contributed by atoms with Crippen LogP contribution in [0, 0.1) is 38.0 Å². The molecule has 2 amide bonds. The number of carbonyl (C=O) groups excluding carboxylic acids is 3. The first-order valence-electron chi connectivity index (χ1n) is 11.1. The molecule has 2 aromatic rings. The summed E-state index contributed by atoms with van der Waals surface area (Å²) in [4.78, 5) is 38.1. The Balaban J connectivity index is 1.95. The number of amides is 2. The summed E-state index contributed by atoms with van der Waals surface area (Å²) < 4.78 is 7.18. The van der Waals surface area contributed by atoms with Gasteiger partial charge in [-0.1, -0.05) is 31.5 Å². The Bertz CT molecular complexity index is 1120. The van der Waals surface area contributed by atoms with Gasteiger partial charge in [-0.3, -0.25) is 9.59 Å². The van der Waals surface area contributed by atoms with Crippen LogP contribution < -0.4 is 5.32 Å². The molecule has 1 heterocycles. The van der Waals surface area contributed by atoms with E-state index < -0.39 is 18.5 Å². The molecule has 8 heteroatoms. The first-order valence-corrected chi connectivity index (χ1v) is 11.1. The van der Waals surface area contributed by atoms with Crippen LogP contribution in [0.5, 0.6) is 0 Å². The third-order valence-electron chi connectivity index (χ3n) is 5.27. The van der Waals surface area contributed by atoms with Gasteiger partial charge < -0.3 is 19.5 Å². The SMILES string of the molecule is Cc1ccc(NC(=O)CN(C)C(=O)COC(=O)/C(C#N)=C/c2cc(C)n(CC(C)C)c2C)cc1.